The highest BCUT2D eigenvalue weighted by molar-refractivity contribution is 7.09. The molecule has 4 rings (SSSR count). The molecule has 0 saturated heterocycles. The highest BCUT2D eigenvalue weighted by atomic mass is 32.1. The summed E-state index contributed by atoms with van der Waals surface area (Å²) < 4.78 is 9.73. The third kappa shape index (κ3) is 4.48. The number of ether oxygens (including phenoxy) is 1. The van der Waals surface area contributed by atoms with Gasteiger partial charge in [0.1, 0.15) is 11.3 Å². The molecule has 4 heterocycles. The summed E-state index contributed by atoms with van der Waals surface area (Å²) in [6.45, 7) is 6.42. The van der Waals surface area contributed by atoms with Crippen molar-refractivity contribution < 1.29 is 9.53 Å². The Morgan fingerprint density at radius 2 is 2.13 bits per heavy atom. The summed E-state index contributed by atoms with van der Waals surface area (Å²) in [7, 11) is 2.06. The molecule has 0 aromatic carbocycles. The zero-order valence-corrected chi connectivity index (χ0v) is 18.1. The number of hydrogen-bond acceptors (Lipinski definition) is 9. The Bertz CT molecular complexity index is 1080. The van der Waals surface area contributed by atoms with E-state index in [0.29, 0.717) is 22.5 Å². The maximum absolute atomic E-state index is 12.1. The second-order valence-electron chi connectivity index (χ2n) is 7.94. The fraction of sp³-hybridized carbons (Fsp3) is 0.350. The number of fused-ring (bicyclic) bond motifs is 1. The van der Waals surface area contributed by atoms with E-state index in [2.05, 4.69) is 41.9 Å². The molecule has 1 aliphatic heterocycles. The van der Waals surface area contributed by atoms with Gasteiger partial charge >= 0.3 is 6.09 Å². The van der Waals surface area contributed by atoms with Crippen LogP contribution in [0.15, 0.2) is 30.6 Å². The maximum atomic E-state index is 12.1. The Morgan fingerprint density at radius 3 is 2.93 bits per heavy atom. The van der Waals surface area contributed by atoms with Gasteiger partial charge in [-0.15, -0.1) is 0 Å². The standard InChI is InChI=1S/C20H23N7O2S/c1-20(2,3)29-19(28)23-13-6-5-8-21-16(13)24-18-25-17(26-30-18)14-10-12-7-9-27(4)15(12)11-22-14/h5-6,8,10-11H,7,9H2,1-4H3,(H,23,28)(H,21,24,25,26). The molecule has 0 atom stereocenters. The first-order valence-corrected chi connectivity index (χ1v) is 10.3. The predicted molar refractivity (Wildman–Crippen MR) is 117 cm³/mol. The second kappa shape index (κ2) is 7.86. The molecule has 9 nitrogen and oxygen atoms in total. The second-order valence-corrected chi connectivity index (χ2v) is 8.70. The quantitative estimate of drug-likeness (QED) is 0.644. The zero-order valence-electron chi connectivity index (χ0n) is 17.3. The van der Waals surface area contributed by atoms with Gasteiger partial charge in [0.15, 0.2) is 11.6 Å². The summed E-state index contributed by atoms with van der Waals surface area (Å²) in [4.78, 5) is 27.6. The molecule has 10 heteroatoms. The van der Waals surface area contributed by atoms with Gasteiger partial charge in [0.25, 0.3) is 0 Å². The van der Waals surface area contributed by atoms with Gasteiger partial charge in [-0.1, -0.05) is 0 Å². The van der Waals surface area contributed by atoms with Gasteiger partial charge in [0.05, 0.1) is 17.6 Å². The Kier molecular flexibility index (Phi) is 5.25. The average Bonchev–Trinajstić information content (AvgIpc) is 3.28. The smallest absolute Gasteiger partial charge is 0.412 e. The van der Waals surface area contributed by atoms with Crippen molar-refractivity contribution >= 4 is 39.9 Å². The fourth-order valence-corrected chi connectivity index (χ4v) is 3.64. The number of likely N-dealkylation sites (N-methyl/N-ethyl adjacent to an activating group) is 1. The van der Waals surface area contributed by atoms with Crippen molar-refractivity contribution in [2.75, 3.05) is 29.1 Å². The molecule has 1 aliphatic rings. The first-order valence-electron chi connectivity index (χ1n) is 9.55. The van der Waals surface area contributed by atoms with Crippen molar-refractivity contribution in [2.24, 2.45) is 0 Å². The highest BCUT2D eigenvalue weighted by Gasteiger charge is 2.20. The van der Waals surface area contributed by atoms with Crippen molar-refractivity contribution in [1.82, 2.24) is 19.3 Å². The van der Waals surface area contributed by atoms with Crippen LogP contribution in [0.5, 0.6) is 0 Å². The lowest BCUT2D eigenvalue weighted by Gasteiger charge is -2.20. The highest BCUT2D eigenvalue weighted by Crippen LogP contribution is 2.30. The molecule has 0 fully saturated rings. The van der Waals surface area contributed by atoms with Crippen LogP contribution >= 0.6 is 11.5 Å². The molecule has 30 heavy (non-hydrogen) atoms. The van der Waals surface area contributed by atoms with Crippen LogP contribution in [0.3, 0.4) is 0 Å². The Labute approximate surface area is 178 Å². The van der Waals surface area contributed by atoms with Gasteiger partial charge in [-0.2, -0.15) is 9.36 Å². The van der Waals surface area contributed by atoms with Crippen molar-refractivity contribution in [3.8, 4) is 11.5 Å². The molecule has 0 radical (unpaired) electrons. The number of carbonyl (C=O) groups is 1. The first kappa shape index (κ1) is 20.0. The van der Waals surface area contributed by atoms with Crippen molar-refractivity contribution in [3.63, 3.8) is 0 Å². The summed E-state index contributed by atoms with van der Waals surface area (Å²) in [6.07, 6.45) is 3.93. The first-order chi connectivity index (χ1) is 14.3. The van der Waals surface area contributed by atoms with E-state index >= 15 is 0 Å². The van der Waals surface area contributed by atoms with E-state index in [4.69, 9.17) is 4.74 Å². The fourth-order valence-electron chi connectivity index (χ4n) is 3.06. The minimum Gasteiger partial charge on any atom is -0.444 e. The van der Waals surface area contributed by atoms with Crippen LogP contribution < -0.4 is 15.5 Å². The molecule has 0 bridgehead atoms. The topological polar surface area (TPSA) is 105 Å². The summed E-state index contributed by atoms with van der Waals surface area (Å²) in [5.74, 6) is 1.01. The monoisotopic (exact) mass is 425 g/mol. The van der Waals surface area contributed by atoms with Crippen molar-refractivity contribution in [1.29, 1.82) is 0 Å². The molecular weight excluding hydrogens is 402 g/mol. The van der Waals surface area contributed by atoms with Crippen LogP contribution in [0.25, 0.3) is 11.5 Å². The maximum Gasteiger partial charge on any atom is 0.412 e. The summed E-state index contributed by atoms with van der Waals surface area (Å²) >= 11 is 1.20. The molecular formula is C20H23N7O2S. The number of anilines is 4. The van der Waals surface area contributed by atoms with Gasteiger partial charge in [-0.3, -0.25) is 10.3 Å². The summed E-state index contributed by atoms with van der Waals surface area (Å²) in [5, 5.41) is 6.38. The lowest BCUT2D eigenvalue weighted by molar-refractivity contribution is 0.0636. The van der Waals surface area contributed by atoms with E-state index in [1.165, 1.54) is 17.1 Å². The van der Waals surface area contributed by atoms with Gasteiger partial charge in [-0.25, -0.2) is 9.78 Å². The van der Waals surface area contributed by atoms with Gasteiger partial charge in [0.2, 0.25) is 5.13 Å². The Morgan fingerprint density at radius 1 is 1.30 bits per heavy atom. The lowest BCUT2D eigenvalue weighted by atomic mass is 10.2. The molecule has 0 aliphatic carbocycles. The van der Waals surface area contributed by atoms with E-state index in [-0.39, 0.29) is 0 Å². The SMILES string of the molecule is CN1CCc2cc(-c3nsc(Nc4ncccc4NC(=O)OC(C)(C)C)n3)ncc21. The summed E-state index contributed by atoms with van der Waals surface area (Å²) in [6, 6.07) is 5.51. The minimum absolute atomic E-state index is 0.453. The number of hydrogen-bond donors (Lipinski definition) is 2. The van der Waals surface area contributed by atoms with E-state index in [1.807, 2.05) is 33.0 Å². The van der Waals surface area contributed by atoms with Crippen LogP contribution in [0, 0.1) is 0 Å². The van der Waals surface area contributed by atoms with Gasteiger partial charge in [-0.05, 0) is 51.0 Å². The van der Waals surface area contributed by atoms with E-state index < -0.39 is 11.7 Å². The molecule has 0 saturated carbocycles. The van der Waals surface area contributed by atoms with E-state index in [1.54, 1.807) is 18.3 Å². The third-order valence-corrected chi connectivity index (χ3v) is 5.05. The van der Waals surface area contributed by atoms with Gasteiger partial charge < -0.3 is 15.0 Å². The number of aromatic nitrogens is 4. The van der Waals surface area contributed by atoms with Crippen LogP contribution in [0.1, 0.15) is 26.3 Å². The van der Waals surface area contributed by atoms with Crippen molar-refractivity contribution in [2.45, 2.75) is 32.8 Å². The van der Waals surface area contributed by atoms with Crippen LogP contribution in [-0.2, 0) is 11.2 Å². The Balaban J connectivity index is 1.50. The lowest BCUT2D eigenvalue weighted by Crippen LogP contribution is -2.27. The molecule has 0 spiro atoms. The number of nitrogens with one attached hydrogen (secondary N) is 2. The molecule has 3 aromatic heterocycles. The Hall–Kier alpha value is -3.27. The summed E-state index contributed by atoms with van der Waals surface area (Å²) in [5.41, 5.74) is 3.04. The number of rotatable bonds is 4. The van der Waals surface area contributed by atoms with Gasteiger partial charge in [0, 0.05) is 31.3 Å². The number of pyridine rings is 2. The van der Waals surface area contributed by atoms with E-state index in [9.17, 15) is 4.79 Å². The van der Waals surface area contributed by atoms with Crippen molar-refractivity contribution in [3.05, 3.63) is 36.2 Å². The predicted octanol–water partition coefficient (Wildman–Crippen LogP) is 4.08. The normalized spacial score (nSPS) is 13.1. The molecule has 0 unspecified atom stereocenters. The zero-order chi connectivity index (χ0) is 21.3. The molecule has 2 N–H and O–H groups in total. The van der Waals surface area contributed by atoms with Crippen LogP contribution in [0.2, 0.25) is 0 Å². The largest absolute Gasteiger partial charge is 0.444 e. The third-order valence-electron chi connectivity index (χ3n) is 4.42. The van der Waals surface area contributed by atoms with Crippen LogP contribution in [-0.4, -0.2) is 44.6 Å². The molecule has 156 valence electrons. The number of nitrogens with zero attached hydrogens (tertiary/aromatic N) is 5. The number of carbonyl (C=O) groups excluding carboxylic acids is 1. The molecule has 3 aromatic rings. The van der Waals surface area contributed by atoms with Crippen LogP contribution in [0.4, 0.5) is 27.1 Å². The van der Waals surface area contributed by atoms with E-state index in [0.717, 1.165) is 24.3 Å². The minimum atomic E-state index is -0.592. The molecule has 1 amide bonds. The average molecular weight is 426 g/mol. The number of amides is 1.